The van der Waals surface area contributed by atoms with Crippen LogP contribution in [0, 0.1) is 17.4 Å². The maximum Gasteiger partial charge on any atom is 0.411 e. The predicted octanol–water partition coefficient (Wildman–Crippen LogP) is 7.33. The Labute approximate surface area is 501 Å². The molecule has 2 aliphatic heterocycles. The molecule has 0 bridgehead atoms. The fraction of sp³-hybridized carbons (Fsp3) is 0.371. The number of piperidine rings is 1. The van der Waals surface area contributed by atoms with Gasteiger partial charge in [-0.25, -0.2) is 14.4 Å². The summed E-state index contributed by atoms with van der Waals surface area (Å²) in [6.07, 6.45) is -1.03. The van der Waals surface area contributed by atoms with Crippen LogP contribution in [0.15, 0.2) is 121 Å². The third kappa shape index (κ3) is 17.5. The first-order valence-electron chi connectivity index (χ1n) is 28.2. The van der Waals surface area contributed by atoms with Crippen molar-refractivity contribution < 1.29 is 76.3 Å². The Morgan fingerprint density at radius 3 is 2.10 bits per heavy atom. The van der Waals surface area contributed by atoms with Gasteiger partial charge < -0.3 is 58.7 Å². The van der Waals surface area contributed by atoms with E-state index in [1.807, 2.05) is 60.8 Å². The van der Waals surface area contributed by atoms with Gasteiger partial charge in [0.15, 0.2) is 24.5 Å². The van der Waals surface area contributed by atoms with Crippen LogP contribution in [0.1, 0.15) is 92.3 Å². The highest BCUT2D eigenvalue weighted by Crippen LogP contribution is 2.44. The van der Waals surface area contributed by atoms with E-state index in [0.29, 0.717) is 54.0 Å². The largest absolute Gasteiger partial charge is 0.467 e. The van der Waals surface area contributed by atoms with Crippen molar-refractivity contribution in [2.24, 2.45) is 10.9 Å². The number of aliphatic imine (C=N–C) groups is 1. The van der Waals surface area contributed by atoms with Crippen LogP contribution in [0.25, 0.3) is 11.1 Å². The molecule has 1 aromatic heterocycles. The molecule has 87 heavy (non-hydrogen) atoms. The highest BCUT2D eigenvalue weighted by molar-refractivity contribution is 5.97. The number of likely N-dealkylation sites (tertiary alicyclic amines) is 1. The number of anilines is 3. The fourth-order valence-corrected chi connectivity index (χ4v) is 10.4. The second-order valence-corrected chi connectivity index (χ2v) is 20.5. The van der Waals surface area contributed by atoms with E-state index in [1.54, 1.807) is 47.6 Å². The van der Waals surface area contributed by atoms with E-state index in [2.05, 4.69) is 36.6 Å². The Hall–Kier alpha value is -10.1. The number of fused-ring (bicyclic) bond motifs is 3. The maximum atomic E-state index is 13.7. The molecular weight excluding hydrogens is 1130 g/mol. The zero-order valence-electron chi connectivity index (χ0n) is 48.3. The highest BCUT2D eigenvalue weighted by Gasteiger charge is 2.56. The molecule has 5 atom stereocenters. The molecule has 4 aromatic carbocycles. The summed E-state index contributed by atoms with van der Waals surface area (Å²) in [5.74, 6) is -4.22. The summed E-state index contributed by atoms with van der Waals surface area (Å²) in [5.41, 5.74) is 5.77. The molecule has 0 saturated carbocycles. The van der Waals surface area contributed by atoms with Gasteiger partial charge in [-0.1, -0.05) is 73.5 Å². The number of rotatable bonds is 22. The molecule has 5 N–H and O–H groups in total. The van der Waals surface area contributed by atoms with Crippen LogP contribution < -0.4 is 31.3 Å². The van der Waals surface area contributed by atoms with Crippen LogP contribution in [-0.2, 0) is 63.7 Å². The summed E-state index contributed by atoms with van der Waals surface area (Å²) >= 11 is 0. The fourth-order valence-electron chi connectivity index (χ4n) is 10.4. The number of hydrogen-bond acceptors (Lipinski definition) is 19. The second kappa shape index (κ2) is 30.6. The highest BCUT2D eigenvalue weighted by atomic mass is 16.7. The van der Waals surface area contributed by atoms with Gasteiger partial charge in [-0.15, -0.1) is 0 Å². The third-order valence-corrected chi connectivity index (χ3v) is 14.4. The third-order valence-electron chi connectivity index (χ3n) is 14.4. The van der Waals surface area contributed by atoms with Crippen LogP contribution in [0.4, 0.5) is 26.7 Å². The second-order valence-electron chi connectivity index (χ2n) is 20.5. The number of ether oxygens (including phenoxy) is 8. The first-order valence-corrected chi connectivity index (χ1v) is 28.2. The van der Waals surface area contributed by atoms with Crippen LogP contribution in [0.2, 0.25) is 0 Å². The lowest BCUT2D eigenvalue weighted by Crippen LogP contribution is -2.64. The minimum atomic E-state index is -1.80. The number of amides is 4. The zero-order chi connectivity index (χ0) is 61.8. The van der Waals surface area contributed by atoms with Gasteiger partial charge in [-0.2, -0.15) is 5.26 Å². The predicted molar refractivity (Wildman–Crippen MR) is 312 cm³/mol. The number of carbonyl (C=O) groups is 8. The quantitative estimate of drug-likeness (QED) is 0.00861. The number of carbonyl (C=O) groups excluding carboxylic acids is 8. The Morgan fingerprint density at radius 1 is 0.736 bits per heavy atom. The Bertz CT molecular complexity index is 3320. The summed E-state index contributed by atoms with van der Waals surface area (Å²) in [4.78, 5) is 115. The molecule has 3 aliphatic rings. The number of guanidine groups is 1. The zero-order valence-corrected chi connectivity index (χ0v) is 48.3. The molecule has 4 amide bonds. The molecule has 1 aliphatic carbocycles. The number of aromatic nitrogens is 1. The minimum Gasteiger partial charge on any atom is -0.467 e. The number of pyridine rings is 1. The topological polar surface area (TPSA) is 323 Å². The van der Waals surface area contributed by atoms with Crippen molar-refractivity contribution in [3.8, 4) is 23.1 Å². The molecule has 5 aromatic rings. The first kappa shape index (κ1) is 62.9. The van der Waals surface area contributed by atoms with Gasteiger partial charge >= 0.3 is 36.1 Å². The van der Waals surface area contributed by atoms with Gasteiger partial charge in [0.25, 0.3) is 5.91 Å². The first-order chi connectivity index (χ1) is 42.1. The van der Waals surface area contributed by atoms with Gasteiger partial charge in [0.05, 0.1) is 24.7 Å². The summed E-state index contributed by atoms with van der Waals surface area (Å²) in [5, 5.41) is 22.7. The normalized spacial score (nSPS) is 18.0. The standard InChI is InChI=1S/C62H67N9O16/c1-37(72)83-53-54(84-38(2)73)56(85-39(3)74)59(87-55(53)58(77)80-4)86-51-22-21-41(31-50(51)70-52(75)23-28-66-61(78)82-35-49-47-19-7-5-17-45(47)46-18-6-8-20-48(46)49)34-81-62(79)69-43-15-11-14-42(32-43)57(76)71-29-24-40(25-30-71)13-9-10-27-65-60(67-36-63)68-44-16-12-26-64-33-44/h5-8,11-12,14-22,26,31-33,40,49,53-56,59H,9-10,13,23-25,27-30,34-35H2,1-4H3,(H,66,78)(H,69,79)(H,70,75)(H2,65,67,68)/t53-,54-,55-,56+,59+/m0/s1. The molecule has 2 saturated heterocycles. The van der Waals surface area contributed by atoms with Gasteiger partial charge in [-0.05, 0) is 95.5 Å². The SMILES string of the molecule is COC(=O)[C@H]1O[C@@H](Oc2ccc(COC(=O)Nc3cccc(C(=O)N4CCC(CCCCN=C(NC#N)Nc5cccnc5)CC4)c3)cc2NC(=O)CCNC(=O)OCC2c3ccccc3-c3ccccc32)[C@H](OC(C)=O)[C@@H](OC(C)=O)[C@@H]1OC(C)=O. The molecule has 8 rings (SSSR count). The number of methoxy groups -OCH3 is 1. The molecule has 2 fully saturated rings. The van der Waals surface area contributed by atoms with E-state index < -0.39 is 72.7 Å². The summed E-state index contributed by atoms with van der Waals surface area (Å²) < 4.78 is 44.7. The van der Waals surface area contributed by atoms with Crippen molar-refractivity contribution in [1.29, 1.82) is 5.26 Å². The van der Waals surface area contributed by atoms with Gasteiger partial charge in [0, 0.05) is 76.7 Å². The average molecular weight is 1190 g/mol. The van der Waals surface area contributed by atoms with Crippen molar-refractivity contribution in [3.05, 3.63) is 138 Å². The van der Waals surface area contributed by atoms with E-state index in [0.717, 1.165) is 82.2 Å². The summed E-state index contributed by atoms with van der Waals surface area (Å²) in [6.45, 7) is 4.27. The van der Waals surface area contributed by atoms with E-state index in [1.165, 1.54) is 18.2 Å². The van der Waals surface area contributed by atoms with Crippen molar-refractivity contribution in [2.45, 2.75) is 103 Å². The van der Waals surface area contributed by atoms with E-state index in [-0.39, 0.29) is 49.4 Å². The van der Waals surface area contributed by atoms with Crippen LogP contribution in [0.3, 0.4) is 0 Å². The molecule has 25 nitrogen and oxygen atoms in total. The Kier molecular flexibility index (Phi) is 22.2. The van der Waals surface area contributed by atoms with Gasteiger partial charge in [-0.3, -0.25) is 44.6 Å². The van der Waals surface area contributed by atoms with E-state index in [9.17, 15) is 38.4 Å². The Morgan fingerprint density at radius 2 is 1.43 bits per heavy atom. The summed E-state index contributed by atoms with van der Waals surface area (Å²) in [6, 6.07) is 30.0. The van der Waals surface area contributed by atoms with E-state index >= 15 is 0 Å². The lowest BCUT2D eigenvalue weighted by molar-refractivity contribution is -0.282. The van der Waals surface area contributed by atoms with Crippen molar-refractivity contribution in [2.75, 3.05) is 55.8 Å². The number of nitriles is 1. The van der Waals surface area contributed by atoms with Crippen LogP contribution >= 0.6 is 0 Å². The molecule has 0 unspecified atom stereocenters. The number of nitrogens with zero attached hydrogens (tertiary/aromatic N) is 4. The Balaban J connectivity index is 0.893. The lowest BCUT2D eigenvalue weighted by atomic mass is 9.91. The summed E-state index contributed by atoms with van der Waals surface area (Å²) in [7, 11) is 1.04. The molecule has 25 heteroatoms. The number of alkyl carbamates (subject to hydrolysis) is 1. The molecule has 0 spiro atoms. The number of esters is 4. The van der Waals surface area contributed by atoms with Gasteiger partial charge in [0.2, 0.25) is 24.3 Å². The van der Waals surface area contributed by atoms with Crippen LogP contribution in [0.5, 0.6) is 5.75 Å². The number of unbranched alkanes of at least 4 members (excludes halogenated alkanes) is 1. The molecule has 456 valence electrons. The van der Waals surface area contributed by atoms with Crippen LogP contribution in [-0.4, -0.2) is 134 Å². The molecular formula is C62H67N9O16. The monoisotopic (exact) mass is 1190 g/mol. The molecule has 0 radical (unpaired) electrons. The minimum absolute atomic E-state index is 0.0415. The van der Waals surface area contributed by atoms with Crippen molar-refractivity contribution in [3.63, 3.8) is 0 Å². The smallest absolute Gasteiger partial charge is 0.411 e. The molecule has 3 heterocycles. The lowest BCUT2D eigenvalue weighted by Gasteiger charge is -2.43. The maximum absolute atomic E-state index is 13.7. The average Bonchev–Trinajstić information content (AvgIpc) is 2.08. The van der Waals surface area contributed by atoms with Crippen molar-refractivity contribution >= 4 is 70.9 Å². The van der Waals surface area contributed by atoms with Gasteiger partial charge in [0.1, 0.15) is 19.0 Å². The van der Waals surface area contributed by atoms with E-state index in [4.69, 9.17) is 43.2 Å². The van der Waals surface area contributed by atoms with Crippen molar-refractivity contribution in [1.82, 2.24) is 20.5 Å². The number of nitrogens with one attached hydrogen (secondary N) is 5. The number of hydrogen-bond donors (Lipinski definition) is 5. The number of benzene rings is 4.